The number of anilines is 1. The molecule has 1 aromatic heterocycles. The molecule has 1 aromatic rings. The summed E-state index contributed by atoms with van der Waals surface area (Å²) in [5, 5.41) is 8.12. The Hall–Kier alpha value is -1.08. The van der Waals surface area contributed by atoms with Crippen molar-refractivity contribution in [1.82, 2.24) is 15.1 Å². The molecule has 1 aliphatic rings. The number of aromatic nitrogens is 2. The van der Waals surface area contributed by atoms with E-state index in [0.29, 0.717) is 17.4 Å². The Morgan fingerprint density at radius 2 is 2.09 bits per heavy atom. The molecule has 0 unspecified atom stereocenters. The van der Waals surface area contributed by atoms with Gasteiger partial charge >= 0.3 is 0 Å². The van der Waals surface area contributed by atoms with Gasteiger partial charge < -0.3 is 10.2 Å². The van der Waals surface area contributed by atoms with Gasteiger partial charge in [-0.1, -0.05) is 13.8 Å². The number of rotatable bonds is 7. The van der Waals surface area contributed by atoms with E-state index in [1.54, 1.807) is 0 Å². The lowest BCUT2D eigenvalue weighted by molar-refractivity contribution is 0.481. The lowest BCUT2D eigenvalue weighted by Gasteiger charge is -2.19. The van der Waals surface area contributed by atoms with Gasteiger partial charge in [-0.25, -0.2) is 13.1 Å². The van der Waals surface area contributed by atoms with Crippen LogP contribution in [-0.2, 0) is 22.9 Å². The predicted molar refractivity (Wildman–Crippen MR) is 94.6 cm³/mol. The van der Waals surface area contributed by atoms with Crippen LogP contribution < -0.4 is 10.2 Å². The van der Waals surface area contributed by atoms with Gasteiger partial charge in [-0.2, -0.15) is 5.10 Å². The third-order valence-corrected chi connectivity index (χ3v) is 6.08. The van der Waals surface area contributed by atoms with Gasteiger partial charge in [-0.15, -0.1) is 0 Å². The average molecular weight is 343 g/mol. The molecule has 132 valence electrons. The second kappa shape index (κ2) is 7.21. The maximum atomic E-state index is 11.5. The molecule has 7 heteroatoms. The van der Waals surface area contributed by atoms with E-state index in [9.17, 15) is 8.42 Å². The van der Waals surface area contributed by atoms with E-state index in [4.69, 9.17) is 0 Å². The lowest BCUT2D eigenvalue weighted by Crippen LogP contribution is -2.25. The second-order valence-corrected chi connectivity index (χ2v) is 9.49. The molecular formula is C16H30N4O2S. The third-order valence-electron chi connectivity index (χ3n) is 4.25. The summed E-state index contributed by atoms with van der Waals surface area (Å²) in [4.78, 5) is 2.11. The standard InChI is InChI=1S/C16H30N4O2S/c1-12(2)10-20-16(19(4)5)15(13(3)18-20)9-17-8-14-6-7-23(21,22)11-14/h12,14,17H,6-11H2,1-5H3/t14-/m0/s1. The molecule has 2 heterocycles. The molecule has 0 radical (unpaired) electrons. The van der Waals surface area contributed by atoms with Crippen molar-refractivity contribution >= 4 is 15.7 Å². The van der Waals surface area contributed by atoms with Crippen LogP contribution in [0.25, 0.3) is 0 Å². The Bertz CT molecular complexity index is 635. The number of hydrogen-bond donors (Lipinski definition) is 1. The molecule has 0 amide bonds. The number of aryl methyl sites for hydroxylation is 1. The van der Waals surface area contributed by atoms with Gasteiger partial charge in [-0.3, -0.25) is 0 Å². The first-order valence-electron chi connectivity index (χ1n) is 8.34. The minimum atomic E-state index is -2.79. The van der Waals surface area contributed by atoms with Crippen molar-refractivity contribution in [1.29, 1.82) is 0 Å². The van der Waals surface area contributed by atoms with Crippen molar-refractivity contribution in [2.24, 2.45) is 11.8 Å². The van der Waals surface area contributed by atoms with E-state index in [0.717, 1.165) is 37.6 Å². The topological polar surface area (TPSA) is 67.2 Å². The summed E-state index contributed by atoms with van der Waals surface area (Å²) in [6.45, 7) is 8.80. The second-order valence-electron chi connectivity index (χ2n) is 7.26. The van der Waals surface area contributed by atoms with Gasteiger partial charge in [0, 0.05) is 32.7 Å². The molecule has 1 N–H and O–H groups in total. The Morgan fingerprint density at radius 3 is 2.61 bits per heavy atom. The first-order valence-corrected chi connectivity index (χ1v) is 10.2. The molecule has 0 aromatic carbocycles. The molecule has 0 bridgehead atoms. The summed E-state index contributed by atoms with van der Waals surface area (Å²) in [6, 6.07) is 0. The Labute approximate surface area is 140 Å². The van der Waals surface area contributed by atoms with Crippen LogP contribution >= 0.6 is 0 Å². The summed E-state index contributed by atoms with van der Waals surface area (Å²) in [7, 11) is 1.29. The SMILES string of the molecule is Cc1nn(CC(C)C)c(N(C)C)c1CNC[C@@H]1CCS(=O)(=O)C1. The average Bonchev–Trinajstić information content (AvgIpc) is 2.89. The molecule has 1 aliphatic heterocycles. The first-order chi connectivity index (χ1) is 10.7. The van der Waals surface area contributed by atoms with Crippen LogP contribution in [0.15, 0.2) is 0 Å². The van der Waals surface area contributed by atoms with Crippen molar-refractivity contribution in [2.75, 3.05) is 37.0 Å². The zero-order chi connectivity index (χ0) is 17.2. The van der Waals surface area contributed by atoms with E-state index in [1.807, 2.05) is 21.0 Å². The first kappa shape index (κ1) is 18.3. The molecule has 1 atom stereocenters. The van der Waals surface area contributed by atoms with E-state index in [2.05, 4.69) is 33.8 Å². The minimum absolute atomic E-state index is 0.244. The highest BCUT2D eigenvalue weighted by Gasteiger charge is 2.27. The third kappa shape index (κ3) is 4.70. The number of hydrogen-bond acceptors (Lipinski definition) is 5. The molecule has 0 saturated carbocycles. The highest BCUT2D eigenvalue weighted by Crippen LogP contribution is 2.24. The fraction of sp³-hybridized carbons (Fsp3) is 0.812. The fourth-order valence-corrected chi connectivity index (χ4v) is 5.08. The highest BCUT2D eigenvalue weighted by molar-refractivity contribution is 7.91. The molecule has 0 aliphatic carbocycles. The van der Waals surface area contributed by atoms with Crippen LogP contribution in [0.5, 0.6) is 0 Å². The van der Waals surface area contributed by atoms with Crippen molar-refractivity contribution < 1.29 is 8.42 Å². The van der Waals surface area contributed by atoms with E-state index in [1.165, 1.54) is 5.56 Å². The van der Waals surface area contributed by atoms with Gasteiger partial charge in [0.25, 0.3) is 0 Å². The van der Waals surface area contributed by atoms with Gasteiger partial charge in [0.1, 0.15) is 5.82 Å². The minimum Gasteiger partial charge on any atom is -0.363 e. The van der Waals surface area contributed by atoms with Crippen LogP contribution in [0.1, 0.15) is 31.5 Å². The molecule has 1 fully saturated rings. The Kier molecular flexibility index (Phi) is 5.73. The molecule has 1 saturated heterocycles. The zero-order valence-corrected chi connectivity index (χ0v) is 15.8. The molecule has 2 rings (SSSR count). The van der Waals surface area contributed by atoms with Crippen LogP contribution in [0.2, 0.25) is 0 Å². The number of nitrogens with zero attached hydrogens (tertiary/aromatic N) is 3. The van der Waals surface area contributed by atoms with E-state index in [-0.39, 0.29) is 5.92 Å². The normalized spacial score (nSPS) is 20.3. The summed E-state index contributed by atoms with van der Waals surface area (Å²) < 4.78 is 25.1. The number of sulfone groups is 1. The number of nitrogens with one attached hydrogen (secondary N) is 1. The summed E-state index contributed by atoms with van der Waals surface area (Å²) in [5.41, 5.74) is 2.25. The van der Waals surface area contributed by atoms with Crippen LogP contribution in [0, 0.1) is 18.8 Å². The Balaban J connectivity index is 2.03. The predicted octanol–water partition coefficient (Wildman–Crippen LogP) is 1.44. The summed E-state index contributed by atoms with van der Waals surface area (Å²) >= 11 is 0. The molecule has 6 nitrogen and oxygen atoms in total. The monoisotopic (exact) mass is 342 g/mol. The van der Waals surface area contributed by atoms with Crippen molar-refractivity contribution in [3.8, 4) is 0 Å². The van der Waals surface area contributed by atoms with Gasteiger partial charge in [-0.05, 0) is 31.7 Å². The maximum absolute atomic E-state index is 11.5. The van der Waals surface area contributed by atoms with Crippen molar-refractivity contribution in [3.05, 3.63) is 11.3 Å². The van der Waals surface area contributed by atoms with Crippen molar-refractivity contribution in [2.45, 2.75) is 40.3 Å². The summed E-state index contributed by atoms with van der Waals surface area (Å²) in [6.07, 6.45) is 0.779. The molecule has 0 spiro atoms. The van der Waals surface area contributed by atoms with Crippen LogP contribution in [-0.4, -0.2) is 50.3 Å². The fourth-order valence-electron chi connectivity index (χ4n) is 3.22. The Morgan fingerprint density at radius 1 is 1.39 bits per heavy atom. The summed E-state index contributed by atoms with van der Waals surface area (Å²) in [5.74, 6) is 2.59. The molecule has 23 heavy (non-hydrogen) atoms. The lowest BCUT2D eigenvalue weighted by atomic mass is 10.1. The van der Waals surface area contributed by atoms with E-state index >= 15 is 0 Å². The van der Waals surface area contributed by atoms with Gasteiger partial charge in [0.15, 0.2) is 9.84 Å². The maximum Gasteiger partial charge on any atom is 0.150 e. The quantitative estimate of drug-likeness (QED) is 0.812. The smallest absolute Gasteiger partial charge is 0.150 e. The van der Waals surface area contributed by atoms with Crippen molar-refractivity contribution in [3.63, 3.8) is 0 Å². The highest BCUT2D eigenvalue weighted by atomic mass is 32.2. The largest absolute Gasteiger partial charge is 0.363 e. The van der Waals surface area contributed by atoms with Crippen LogP contribution in [0.3, 0.4) is 0 Å². The van der Waals surface area contributed by atoms with Gasteiger partial charge in [0.2, 0.25) is 0 Å². The molecular weight excluding hydrogens is 312 g/mol. The van der Waals surface area contributed by atoms with E-state index < -0.39 is 9.84 Å². The van der Waals surface area contributed by atoms with Crippen LogP contribution in [0.4, 0.5) is 5.82 Å². The zero-order valence-electron chi connectivity index (χ0n) is 15.0. The van der Waals surface area contributed by atoms with Gasteiger partial charge in [0.05, 0.1) is 17.2 Å².